The maximum absolute atomic E-state index is 13.6. The Labute approximate surface area is 144 Å². The highest BCUT2D eigenvalue weighted by molar-refractivity contribution is 5.95. The number of aryl methyl sites for hydroxylation is 1. The molecular weight excluding hydrogens is 325 g/mol. The lowest BCUT2D eigenvalue weighted by Gasteiger charge is -2.38. The Morgan fingerprint density at radius 3 is 2.84 bits per heavy atom. The molecule has 2 unspecified atom stereocenters. The minimum absolute atomic E-state index is 0.207. The van der Waals surface area contributed by atoms with Crippen LogP contribution in [0, 0.1) is 12.7 Å². The van der Waals surface area contributed by atoms with Gasteiger partial charge in [-0.15, -0.1) is 0 Å². The van der Waals surface area contributed by atoms with Crippen molar-refractivity contribution in [3.8, 4) is 0 Å². The van der Waals surface area contributed by atoms with Crippen LogP contribution in [-0.4, -0.2) is 41.5 Å². The highest BCUT2D eigenvalue weighted by Crippen LogP contribution is 2.30. The van der Waals surface area contributed by atoms with Crippen LogP contribution in [-0.2, 0) is 14.3 Å². The molecule has 130 valence electrons. The monoisotopic (exact) mass is 343 g/mol. The van der Waals surface area contributed by atoms with Crippen molar-refractivity contribution >= 4 is 17.6 Å². The average Bonchev–Trinajstić information content (AvgIpc) is 2.59. The lowest BCUT2D eigenvalue weighted by atomic mass is 9.97. The third-order valence-electron chi connectivity index (χ3n) is 4.10. The van der Waals surface area contributed by atoms with Gasteiger partial charge >= 0.3 is 0 Å². The second kappa shape index (κ2) is 6.98. The number of amides is 2. The Bertz CT molecular complexity index is 794. The van der Waals surface area contributed by atoms with E-state index in [0.29, 0.717) is 11.4 Å². The smallest absolute Gasteiger partial charge is 0.257 e. The van der Waals surface area contributed by atoms with Gasteiger partial charge < -0.3 is 15.0 Å². The van der Waals surface area contributed by atoms with Gasteiger partial charge in [0.25, 0.3) is 5.91 Å². The Kier molecular flexibility index (Phi) is 4.76. The van der Waals surface area contributed by atoms with Crippen molar-refractivity contribution in [2.24, 2.45) is 0 Å². The highest BCUT2D eigenvalue weighted by atomic mass is 19.1. The Morgan fingerprint density at radius 2 is 2.16 bits per heavy atom. The van der Waals surface area contributed by atoms with Crippen LogP contribution in [0.5, 0.6) is 0 Å². The standard InChI is InChI=1S/C18H18FN3O3/c1-11-6-7-14(20-9-11)21-18(24)17-16(22(2)15(23)10-25-17)12-4-3-5-13(19)8-12/h3-9,16-17H,10H2,1-2H3,(H,20,21,24). The first-order valence-corrected chi connectivity index (χ1v) is 7.82. The van der Waals surface area contributed by atoms with Gasteiger partial charge in [0, 0.05) is 13.2 Å². The summed E-state index contributed by atoms with van der Waals surface area (Å²) in [5, 5.41) is 2.68. The summed E-state index contributed by atoms with van der Waals surface area (Å²) < 4.78 is 19.1. The third-order valence-corrected chi connectivity index (χ3v) is 4.10. The summed E-state index contributed by atoms with van der Waals surface area (Å²) in [5.74, 6) is -0.767. The number of nitrogens with one attached hydrogen (secondary N) is 1. The second-order valence-electron chi connectivity index (χ2n) is 5.95. The van der Waals surface area contributed by atoms with Gasteiger partial charge in [-0.1, -0.05) is 18.2 Å². The summed E-state index contributed by atoms with van der Waals surface area (Å²) in [7, 11) is 1.57. The van der Waals surface area contributed by atoms with Crippen LogP contribution in [0.15, 0.2) is 42.6 Å². The van der Waals surface area contributed by atoms with E-state index in [-0.39, 0.29) is 12.5 Å². The lowest BCUT2D eigenvalue weighted by molar-refractivity contribution is -0.160. The van der Waals surface area contributed by atoms with E-state index < -0.39 is 23.9 Å². The molecule has 0 bridgehead atoms. The van der Waals surface area contributed by atoms with Gasteiger partial charge in [-0.25, -0.2) is 9.37 Å². The van der Waals surface area contributed by atoms with Gasteiger partial charge in [0.2, 0.25) is 5.91 Å². The van der Waals surface area contributed by atoms with E-state index in [4.69, 9.17) is 4.74 Å². The molecule has 0 spiro atoms. The first-order chi connectivity index (χ1) is 12.0. The Hall–Kier alpha value is -2.80. The van der Waals surface area contributed by atoms with E-state index >= 15 is 0 Å². The van der Waals surface area contributed by atoms with E-state index in [1.165, 1.54) is 23.1 Å². The van der Waals surface area contributed by atoms with Crippen LogP contribution in [0.3, 0.4) is 0 Å². The molecule has 3 rings (SSSR count). The number of rotatable bonds is 3. The van der Waals surface area contributed by atoms with Crippen LogP contribution in [0.2, 0.25) is 0 Å². The fourth-order valence-corrected chi connectivity index (χ4v) is 2.76. The zero-order valence-electron chi connectivity index (χ0n) is 13.9. The molecule has 1 aliphatic heterocycles. The van der Waals surface area contributed by atoms with Crippen molar-refractivity contribution in [2.45, 2.75) is 19.1 Å². The average molecular weight is 343 g/mol. The number of pyridine rings is 1. The van der Waals surface area contributed by atoms with Crippen molar-refractivity contribution in [3.05, 3.63) is 59.5 Å². The fourth-order valence-electron chi connectivity index (χ4n) is 2.76. The number of carbonyl (C=O) groups is 2. The SMILES string of the molecule is Cc1ccc(NC(=O)C2OCC(=O)N(C)C2c2cccc(F)c2)nc1. The molecule has 1 N–H and O–H groups in total. The molecule has 1 aromatic heterocycles. The largest absolute Gasteiger partial charge is 0.356 e. The van der Waals surface area contributed by atoms with Gasteiger partial charge in [-0.3, -0.25) is 9.59 Å². The van der Waals surface area contributed by atoms with Crippen molar-refractivity contribution in [3.63, 3.8) is 0 Å². The molecule has 2 atom stereocenters. The molecule has 1 fully saturated rings. The first kappa shape index (κ1) is 17.0. The van der Waals surface area contributed by atoms with Crippen LogP contribution >= 0.6 is 0 Å². The summed E-state index contributed by atoms with van der Waals surface area (Å²) in [5.41, 5.74) is 1.46. The molecule has 7 heteroatoms. The minimum Gasteiger partial charge on any atom is -0.356 e. The fraction of sp³-hybridized carbons (Fsp3) is 0.278. The number of aromatic nitrogens is 1. The minimum atomic E-state index is -0.965. The second-order valence-corrected chi connectivity index (χ2v) is 5.95. The number of carbonyl (C=O) groups excluding carboxylic acids is 2. The van der Waals surface area contributed by atoms with Gasteiger partial charge in [0.05, 0.1) is 6.04 Å². The molecular formula is C18H18FN3O3. The Morgan fingerprint density at radius 1 is 1.36 bits per heavy atom. The number of ether oxygens (including phenoxy) is 1. The van der Waals surface area contributed by atoms with Crippen molar-refractivity contribution in [2.75, 3.05) is 19.0 Å². The molecule has 1 saturated heterocycles. The first-order valence-electron chi connectivity index (χ1n) is 7.82. The summed E-state index contributed by atoms with van der Waals surface area (Å²) in [6, 6.07) is 8.59. The molecule has 0 saturated carbocycles. The molecule has 2 aromatic rings. The van der Waals surface area contributed by atoms with E-state index in [2.05, 4.69) is 10.3 Å². The lowest BCUT2D eigenvalue weighted by Crippen LogP contribution is -2.51. The molecule has 25 heavy (non-hydrogen) atoms. The predicted molar refractivity (Wildman–Crippen MR) is 89.3 cm³/mol. The molecule has 6 nitrogen and oxygen atoms in total. The normalized spacial score (nSPS) is 20.4. The number of nitrogens with zero attached hydrogens (tertiary/aromatic N) is 2. The maximum Gasteiger partial charge on any atom is 0.257 e. The van der Waals surface area contributed by atoms with E-state index in [9.17, 15) is 14.0 Å². The molecule has 2 amide bonds. The molecule has 2 heterocycles. The quantitative estimate of drug-likeness (QED) is 0.926. The van der Waals surface area contributed by atoms with Crippen molar-refractivity contribution in [1.82, 2.24) is 9.88 Å². The molecule has 0 radical (unpaired) electrons. The number of morpholine rings is 1. The van der Waals surface area contributed by atoms with Gasteiger partial charge in [-0.2, -0.15) is 0 Å². The molecule has 0 aliphatic carbocycles. The topological polar surface area (TPSA) is 71.5 Å². The van der Waals surface area contributed by atoms with Crippen LogP contribution in [0.4, 0.5) is 10.2 Å². The Balaban J connectivity index is 1.87. The molecule has 1 aromatic carbocycles. The van der Waals surface area contributed by atoms with Crippen LogP contribution in [0.1, 0.15) is 17.2 Å². The van der Waals surface area contributed by atoms with Crippen molar-refractivity contribution < 1.29 is 18.7 Å². The van der Waals surface area contributed by atoms with Crippen LogP contribution < -0.4 is 5.32 Å². The third kappa shape index (κ3) is 3.66. The zero-order valence-corrected chi connectivity index (χ0v) is 13.9. The van der Waals surface area contributed by atoms with E-state index in [0.717, 1.165) is 5.56 Å². The van der Waals surface area contributed by atoms with Crippen LogP contribution in [0.25, 0.3) is 0 Å². The van der Waals surface area contributed by atoms with E-state index in [1.807, 2.05) is 13.0 Å². The maximum atomic E-state index is 13.6. The summed E-state index contributed by atoms with van der Waals surface area (Å²) in [4.78, 5) is 30.2. The number of likely N-dealkylation sites (N-methyl/N-ethyl adjacent to an activating group) is 1. The highest BCUT2D eigenvalue weighted by Gasteiger charge is 2.40. The van der Waals surface area contributed by atoms with Gasteiger partial charge in [0.15, 0.2) is 6.10 Å². The summed E-state index contributed by atoms with van der Waals surface area (Å²) >= 11 is 0. The van der Waals surface area contributed by atoms with Gasteiger partial charge in [-0.05, 0) is 36.2 Å². The number of halogens is 1. The number of hydrogen-bond donors (Lipinski definition) is 1. The molecule has 1 aliphatic rings. The summed E-state index contributed by atoms with van der Waals surface area (Å²) in [6.45, 7) is 1.69. The summed E-state index contributed by atoms with van der Waals surface area (Å²) in [6.07, 6.45) is 0.671. The van der Waals surface area contributed by atoms with E-state index in [1.54, 1.807) is 25.4 Å². The van der Waals surface area contributed by atoms with Gasteiger partial charge in [0.1, 0.15) is 18.2 Å². The number of benzene rings is 1. The predicted octanol–water partition coefficient (Wildman–Crippen LogP) is 2.07. The van der Waals surface area contributed by atoms with Crippen molar-refractivity contribution in [1.29, 1.82) is 0 Å². The number of anilines is 1. The zero-order chi connectivity index (χ0) is 18.0. The number of hydrogen-bond acceptors (Lipinski definition) is 4.